The minimum atomic E-state index is -0.972. The van der Waals surface area contributed by atoms with Crippen LogP contribution in [0.5, 0.6) is 0 Å². The number of hydrogen-bond acceptors (Lipinski definition) is 4. The first-order valence-electron chi connectivity index (χ1n) is 8.02. The summed E-state index contributed by atoms with van der Waals surface area (Å²) < 4.78 is 5.10. The van der Waals surface area contributed by atoms with E-state index in [9.17, 15) is 14.4 Å². The van der Waals surface area contributed by atoms with Crippen LogP contribution < -0.4 is 11.1 Å². The van der Waals surface area contributed by atoms with Crippen molar-refractivity contribution in [3.8, 4) is 0 Å². The van der Waals surface area contributed by atoms with Crippen LogP contribution in [0.3, 0.4) is 0 Å². The smallest absolute Gasteiger partial charge is 0.331 e. The maximum atomic E-state index is 12.1. The molecular weight excluding hydrogens is 332 g/mol. The molecule has 0 aliphatic heterocycles. The van der Waals surface area contributed by atoms with Crippen molar-refractivity contribution >= 4 is 29.5 Å². The third kappa shape index (κ3) is 5.31. The summed E-state index contributed by atoms with van der Waals surface area (Å²) in [5.74, 6) is -1.64. The maximum absolute atomic E-state index is 12.1. The highest BCUT2D eigenvalue weighted by molar-refractivity contribution is 5.97. The van der Waals surface area contributed by atoms with Crippen molar-refractivity contribution in [1.82, 2.24) is 0 Å². The average Bonchev–Trinajstić information content (AvgIpc) is 2.61. The van der Waals surface area contributed by atoms with E-state index in [1.807, 2.05) is 31.2 Å². The highest BCUT2D eigenvalue weighted by Gasteiger charge is 2.16. The van der Waals surface area contributed by atoms with Crippen LogP contribution in [0.15, 0.2) is 54.6 Å². The first kappa shape index (κ1) is 18.9. The van der Waals surface area contributed by atoms with Gasteiger partial charge in [-0.25, -0.2) is 4.79 Å². The van der Waals surface area contributed by atoms with Crippen LogP contribution in [0.4, 0.5) is 5.69 Å². The second kappa shape index (κ2) is 8.62. The highest BCUT2D eigenvalue weighted by atomic mass is 16.5. The molecule has 1 atom stereocenters. The zero-order valence-electron chi connectivity index (χ0n) is 14.6. The highest BCUT2D eigenvalue weighted by Crippen LogP contribution is 2.11. The predicted octanol–water partition coefficient (Wildman–Crippen LogP) is 2.68. The van der Waals surface area contributed by atoms with Gasteiger partial charge in [0.1, 0.15) is 0 Å². The lowest BCUT2D eigenvalue weighted by atomic mass is 10.1. The number of carbonyl (C=O) groups excluding carboxylic acids is 3. The summed E-state index contributed by atoms with van der Waals surface area (Å²) >= 11 is 0. The SMILES string of the molecule is Cc1ccccc1/C=C/C(=O)O[C@@H](C)C(=O)Nc1ccc(C(N)=O)cc1. The van der Waals surface area contributed by atoms with E-state index in [1.54, 1.807) is 18.2 Å². The van der Waals surface area contributed by atoms with Gasteiger partial charge < -0.3 is 15.8 Å². The van der Waals surface area contributed by atoms with Gasteiger partial charge in [-0.05, 0) is 55.3 Å². The maximum Gasteiger partial charge on any atom is 0.331 e. The second-order valence-electron chi connectivity index (χ2n) is 5.70. The van der Waals surface area contributed by atoms with Crippen molar-refractivity contribution in [2.45, 2.75) is 20.0 Å². The molecule has 0 aliphatic rings. The molecule has 0 heterocycles. The van der Waals surface area contributed by atoms with Crippen molar-refractivity contribution in [3.63, 3.8) is 0 Å². The van der Waals surface area contributed by atoms with Crippen LogP contribution in [-0.2, 0) is 14.3 Å². The van der Waals surface area contributed by atoms with Crippen molar-refractivity contribution in [2.24, 2.45) is 5.73 Å². The molecule has 0 saturated carbocycles. The van der Waals surface area contributed by atoms with E-state index in [2.05, 4.69) is 5.32 Å². The Balaban J connectivity index is 1.90. The van der Waals surface area contributed by atoms with Gasteiger partial charge >= 0.3 is 5.97 Å². The topological polar surface area (TPSA) is 98.5 Å². The molecule has 0 radical (unpaired) electrons. The summed E-state index contributed by atoms with van der Waals surface area (Å²) in [4.78, 5) is 35.0. The van der Waals surface area contributed by atoms with E-state index in [-0.39, 0.29) is 0 Å². The van der Waals surface area contributed by atoms with Crippen LogP contribution in [0, 0.1) is 6.92 Å². The Kier molecular flexibility index (Phi) is 6.27. The zero-order valence-corrected chi connectivity index (χ0v) is 14.6. The average molecular weight is 352 g/mol. The molecule has 2 rings (SSSR count). The lowest BCUT2D eigenvalue weighted by molar-refractivity contribution is -0.148. The minimum Gasteiger partial charge on any atom is -0.449 e. The molecule has 26 heavy (non-hydrogen) atoms. The first-order valence-corrected chi connectivity index (χ1v) is 8.02. The van der Waals surface area contributed by atoms with Gasteiger partial charge in [-0.15, -0.1) is 0 Å². The lowest BCUT2D eigenvalue weighted by Gasteiger charge is -2.12. The van der Waals surface area contributed by atoms with Gasteiger partial charge in [0.15, 0.2) is 6.10 Å². The van der Waals surface area contributed by atoms with Gasteiger partial charge in [0.2, 0.25) is 5.91 Å². The monoisotopic (exact) mass is 352 g/mol. The number of nitrogens with one attached hydrogen (secondary N) is 1. The second-order valence-corrected chi connectivity index (χ2v) is 5.70. The molecule has 134 valence electrons. The number of benzene rings is 2. The number of aryl methyl sites for hydroxylation is 1. The molecule has 2 aromatic rings. The van der Waals surface area contributed by atoms with Crippen molar-refractivity contribution in [2.75, 3.05) is 5.32 Å². The standard InChI is InChI=1S/C20H20N2O4/c1-13-5-3-4-6-15(13)9-12-18(23)26-14(2)20(25)22-17-10-7-16(8-11-17)19(21)24/h3-12,14H,1-2H3,(H2,21,24)(H,22,25)/b12-9+/t14-/m0/s1. The number of ether oxygens (including phenoxy) is 1. The van der Waals surface area contributed by atoms with Gasteiger partial charge in [-0.2, -0.15) is 0 Å². The van der Waals surface area contributed by atoms with Crippen LogP contribution >= 0.6 is 0 Å². The molecule has 0 fully saturated rings. The zero-order chi connectivity index (χ0) is 19.1. The van der Waals surface area contributed by atoms with E-state index < -0.39 is 23.9 Å². The van der Waals surface area contributed by atoms with Crippen molar-refractivity contribution < 1.29 is 19.1 Å². The van der Waals surface area contributed by atoms with Crippen molar-refractivity contribution in [3.05, 3.63) is 71.3 Å². The van der Waals surface area contributed by atoms with E-state index in [0.29, 0.717) is 11.3 Å². The fraction of sp³-hybridized carbons (Fsp3) is 0.150. The molecule has 2 amide bonds. The van der Waals surface area contributed by atoms with Gasteiger partial charge in [0, 0.05) is 17.3 Å². The molecule has 2 aromatic carbocycles. The van der Waals surface area contributed by atoms with Crippen LogP contribution in [0.2, 0.25) is 0 Å². The van der Waals surface area contributed by atoms with Gasteiger partial charge in [0.05, 0.1) is 0 Å². The molecule has 0 aromatic heterocycles. The minimum absolute atomic E-state index is 0.337. The van der Waals surface area contributed by atoms with Crippen molar-refractivity contribution in [1.29, 1.82) is 0 Å². The first-order chi connectivity index (χ1) is 12.4. The fourth-order valence-electron chi connectivity index (χ4n) is 2.16. The summed E-state index contributed by atoms with van der Waals surface area (Å²) in [5, 5.41) is 2.60. The number of nitrogens with two attached hydrogens (primary N) is 1. The van der Waals surface area contributed by atoms with E-state index in [1.165, 1.54) is 25.1 Å². The van der Waals surface area contributed by atoms with E-state index in [0.717, 1.165) is 11.1 Å². The summed E-state index contributed by atoms with van der Waals surface area (Å²) in [5.41, 5.74) is 7.89. The Morgan fingerprint density at radius 2 is 1.73 bits per heavy atom. The van der Waals surface area contributed by atoms with Crippen LogP contribution in [-0.4, -0.2) is 23.9 Å². The van der Waals surface area contributed by atoms with Crippen LogP contribution in [0.25, 0.3) is 6.08 Å². The molecule has 3 N–H and O–H groups in total. The summed E-state index contributed by atoms with van der Waals surface area (Å²) in [6.45, 7) is 3.41. The Morgan fingerprint density at radius 3 is 2.35 bits per heavy atom. The van der Waals surface area contributed by atoms with Crippen LogP contribution in [0.1, 0.15) is 28.4 Å². The number of amides is 2. The fourth-order valence-corrected chi connectivity index (χ4v) is 2.16. The number of esters is 1. The molecule has 6 heteroatoms. The molecule has 0 saturated heterocycles. The lowest BCUT2D eigenvalue weighted by Crippen LogP contribution is -2.29. The Labute approximate surface area is 151 Å². The van der Waals surface area contributed by atoms with E-state index in [4.69, 9.17) is 10.5 Å². The largest absolute Gasteiger partial charge is 0.449 e. The normalized spacial score (nSPS) is 11.8. The molecule has 0 spiro atoms. The third-order valence-corrected chi connectivity index (χ3v) is 3.69. The summed E-state index contributed by atoms with van der Waals surface area (Å²) in [6, 6.07) is 13.7. The summed E-state index contributed by atoms with van der Waals surface area (Å²) in [7, 11) is 0. The molecule has 0 unspecified atom stereocenters. The Morgan fingerprint density at radius 1 is 1.08 bits per heavy atom. The number of carbonyl (C=O) groups is 3. The Hall–Kier alpha value is -3.41. The quantitative estimate of drug-likeness (QED) is 0.617. The number of rotatable bonds is 6. The predicted molar refractivity (Wildman–Crippen MR) is 99.4 cm³/mol. The molecule has 0 bridgehead atoms. The number of hydrogen-bond donors (Lipinski definition) is 2. The summed E-state index contributed by atoms with van der Waals surface area (Å²) in [6.07, 6.45) is 1.96. The molecule has 6 nitrogen and oxygen atoms in total. The molecule has 0 aliphatic carbocycles. The molecular formula is C20H20N2O4. The Bertz CT molecular complexity index is 841. The van der Waals surface area contributed by atoms with E-state index >= 15 is 0 Å². The number of anilines is 1. The number of primary amides is 1. The van der Waals surface area contributed by atoms with Gasteiger partial charge in [0.25, 0.3) is 5.91 Å². The third-order valence-electron chi connectivity index (χ3n) is 3.69. The van der Waals surface area contributed by atoms with Gasteiger partial charge in [-0.1, -0.05) is 24.3 Å². The van der Waals surface area contributed by atoms with Gasteiger partial charge in [-0.3, -0.25) is 9.59 Å².